The first-order valence-electron chi connectivity index (χ1n) is 5.90. The quantitative estimate of drug-likeness (QED) is 0.647. The fourth-order valence-corrected chi connectivity index (χ4v) is 1.99. The molecule has 0 spiro atoms. The molecular weight excluding hydrogens is 294 g/mol. The first kappa shape index (κ1) is 14.8. The molecule has 0 saturated heterocycles. The van der Waals surface area contributed by atoms with Crippen LogP contribution in [0.3, 0.4) is 0 Å². The molecule has 0 atom stereocenters. The average Bonchev–Trinajstić information content (AvgIpc) is 2.33. The molecule has 0 unspecified atom stereocenters. The smallest absolute Gasteiger partial charge is 0.257 e. The van der Waals surface area contributed by atoms with E-state index in [0.29, 0.717) is 12.3 Å². The maximum atomic E-state index is 11.5. The van der Waals surface area contributed by atoms with Crippen LogP contribution >= 0.6 is 15.9 Å². The van der Waals surface area contributed by atoms with Gasteiger partial charge in [-0.2, -0.15) is 0 Å². The minimum absolute atomic E-state index is 0.0392. The van der Waals surface area contributed by atoms with Crippen LogP contribution in [0, 0.1) is 6.92 Å². The summed E-state index contributed by atoms with van der Waals surface area (Å²) >= 11 is 3.40. The first-order valence-corrected chi connectivity index (χ1v) is 6.69. The number of nitrogens with one attached hydrogen (secondary N) is 1. The van der Waals surface area contributed by atoms with Crippen LogP contribution in [0.5, 0.6) is 5.75 Å². The lowest BCUT2D eigenvalue weighted by atomic mass is 10.2. The molecule has 1 amide bonds. The van der Waals surface area contributed by atoms with Gasteiger partial charge in [0.1, 0.15) is 5.75 Å². The third-order valence-electron chi connectivity index (χ3n) is 2.32. The molecule has 0 aliphatic rings. The van der Waals surface area contributed by atoms with Crippen molar-refractivity contribution >= 4 is 21.8 Å². The fraction of sp³-hybridized carbons (Fsp3) is 0.357. The molecule has 3 nitrogen and oxygen atoms in total. The number of allylic oxidation sites excluding steroid dienone is 1. The third-order valence-corrected chi connectivity index (χ3v) is 2.93. The van der Waals surface area contributed by atoms with Gasteiger partial charge in [-0.25, -0.2) is 0 Å². The second kappa shape index (κ2) is 7.93. The Kier molecular flexibility index (Phi) is 6.50. The number of aryl methyl sites for hydroxylation is 1. The summed E-state index contributed by atoms with van der Waals surface area (Å²) in [5.74, 6) is 0.580. The third kappa shape index (κ3) is 5.36. The van der Waals surface area contributed by atoms with Crippen LogP contribution in [-0.2, 0) is 4.79 Å². The zero-order valence-electron chi connectivity index (χ0n) is 10.7. The number of carbonyl (C=O) groups excluding carboxylic acids is 1. The molecule has 0 aliphatic carbocycles. The highest BCUT2D eigenvalue weighted by molar-refractivity contribution is 9.10. The summed E-state index contributed by atoms with van der Waals surface area (Å²) in [6, 6.07) is 5.76. The summed E-state index contributed by atoms with van der Waals surface area (Å²) in [7, 11) is 0. The van der Waals surface area contributed by atoms with E-state index < -0.39 is 0 Å². The molecule has 0 aromatic heterocycles. The highest BCUT2D eigenvalue weighted by atomic mass is 79.9. The summed E-state index contributed by atoms with van der Waals surface area (Å²) in [6.07, 6.45) is 4.82. The van der Waals surface area contributed by atoms with E-state index in [4.69, 9.17) is 4.74 Å². The molecule has 0 radical (unpaired) electrons. The van der Waals surface area contributed by atoms with Gasteiger partial charge < -0.3 is 10.1 Å². The van der Waals surface area contributed by atoms with Crippen LogP contribution in [0.15, 0.2) is 34.8 Å². The van der Waals surface area contributed by atoms with Crippen molar-refractivity contribution in [1.82, 2.24) is 5.32 Å². The molecule has 98 valence electrons. The second-order valence-electron chi connectivity index (χ2n) is 3.93. The van der Waals surface area contributed by atoms with E-state index in [1.807, 2.05) is 44.2 Å². The van der Waals surface area contributed by atoms with Gasteiger partial charge in [0.05, 0.1) is 4.47 Å². The molecule has 0 aliphatic heterocycles. The van der Waals surface area contributed by atoms with Gasteiger partial charge in [0.25, 0.3) is 5.91 Å². The van der Waals surface area contributed by atoms with E-state index >= 15 is 0 Å². The van der Waals surface area contributed by atoms with Crippen molar-refractivity contribution in [3.63, 3.8) is 0 Å². The van der Waals surface area contributed by atoms with Crippen molar-refractivity contribution in [3.05, 3.63) is 40.4 Å². The van der Waals surface area contributed by atoms with Gasteiger partial charge in [-0.1, -0.05) is 18.2 Å². The Labute approximate surface area is 116 Å². The summed E-state index contributed by atoms with van der Waals surface area (Å²) in [6.45, 7) is 4.64. The van der Waals surface area contributed by atoms with E-state index in [0.717, 1.165) is 16.5 Å². The van der Waals surface area contributed by atoms with Gasteiger partial charge in [0.2, 0.25) is 0 Å². The topological polar surface area (TPSA) is 38.3 Å². The van der Waals surface area contributed by atoms with Gasteiger partial charge >= 0.3 is 0 Å². The highest BCUT2D eigenvalue weighted by Gasteiger charge is 2.04. The van der Waals surface area contributed by atoms with Crippen LogP contribution in [0.4, 0.5) is 0 Å². The first-order chi connectivity index (χ1) is 8.63. The lowest BCUT2D eigenvalue weighted by Crippen LogP contribution is -2.29. The Morgan fingerprint density at radius 3 is 2.94 bits per heavy atom. The maximum Gasteiger partial charge on any atom is 0.257 e. The Balaban J connectivity index is 2.33. The molecule has 1 aromatic carbocycles. The Bertz CT molecular complexity index is 430. The van der Waals surface area contributed by atoms with Crippen LogP contribution in [0.25, 0.3) is 0 Å². The number of halogens is 1. The van der Waals surface area contributed by atoms with Gasteiger partial charge in [0, 0.05) is 6.54 Å². The molecule has 0 heterocycles. The molecule has 18 heavy (non-hydrogen) atoms. The number of hydrogen-bond acceptors (Lipinski definition) is 2. The standard InChI is InChI=1S/C14H18BrNO2/c1-3-4-5-8-16-14(17)10-18-13-7-6-11(2)9-12(13)15/h3-4,6-7,9H,5,8,10H2,1-2H3,(H,16,17)/b4-3+. The molecule has 1 aromatic rings. The van der Waals surface area contributed by atoms with E-state index in [1.165, 1.54) is 0 Å². The molecule has 1 N–H and O–H groups in total. The van der Waals surface area contributed by atoms with Crippen LogP contribution in [0.1, 0.15) is 18.9 Å². The Morgan fingerprint density at radius 2 is 2.28 bits per heavy atom. The number of amides is 1. The Morgan fingerprint density at radius 1 is 1.50 bits per heavy atom. The number of rotatable bonds is 6. The average molecular weight is 312 g/mol. The lowest BCUT2D eigenvalue weighted by Gasteiger charge is -2.08. The maximum absolute atomic E-state index is 11.5. The van der Waals surface area contributed by atoms with Crippen molar-refractivity contribution in [2.45, 2.75) is 20.3 Å². The van der Waals surface area contributed by atoms with Gasteiger partial charge in [-0.15, -0.1) is 0 Å². The van der Waals surface area contributed by atoms with Crippen molar-refractivity contribution in [3.8, 4) is 5.75 Å². The van der Waals surface area contributed by atoms with E-state index in [2.05, 4.69) is 21.2 Å². The van der Waals surface area contributed by atoms with Crippen LogP contribution < -0.4 is 10.1 Å². The molecule has 0 saturated carbocycles. The normalized spacial score (nSPS) is 10.6. The zero-order chi connectivity index (χ0) is 13.4. The van der Waals surface area contributed by atoms with Crippen molar-refractivity contribution in [2.24, 2.45) is 0 Å². The minimum Gasteiger partial charge on any atom is -0.483 e. The number of carbonyl (C=O) groups is 1. The number of hydrogen-bond donors (Lipinski definition) is 1. The predicted molar refractivity (Wildman–Crippen MR) is 76.8 cm³/mol. The highest BCUT2D eigenvalue weighted by Crippen LogP contribution is 2.25. The predicted octanol–water partition coefficient (Wildman–Crippen LogP) is 3.22. The molecule has 0 bridgehead atoms. The van der Waals surface area contributed by atoms with Crippen LogP contribution in [-0.4, -0.2) is 19.1 Å². The lowest BCUT2D eigenvalue weighted by molar-refractivity contribution is -0.123. The summed E-state index contributed by atoms with van der Waals surface area (Å²) in [5, 5.41) is 2.79. The monoisotopic (exact) mass is 311 g/mol. The summed E-state index contributed by atoms with van der Waals surface area (Å²) in [4.78, 5) is 11.5. The molecule has 1 rings (SSSR count). The van der Waals surface area contributed by atoms with Crippen molar-refractivity contribution < 1.29 is 9.53 Å². The SMILES string of the molecule is C/C=C/CCNC(=O)COc1ccc(C)cc1Br. The molecular formula is C14H18BrNO2. The second-order valence-corrected chi connectivity index (χ2v) is 4.78. The summed E-state index contributed by atoms with van der Waals surface area (Å²) < 4.78 is 6.30. The summed E-state index contributed by atoms with van der Waals surface area (Å²) in [5.41, 5.74) is 1.14. The van der Waals surface area contributed by atoms with Gasteiger partial charge in [0.15, 0.2) is 6.61 Å². The number of ether oxygens (including phenoxy) is 1. The fourth-order valence-electron chi connectivity index (χ4n) is 1.38. The van der Waals surface area contributed by atoms with E-state index in [-0.39, 0.29) is 12.5 Å². The van der Waals surface area contributed by atoms with Crippen LogP contribution in [0.2, 0.25) is 0 Å². The number of benzene rings is 1. The van der Waals surface area contributed by atoms with Gasteiger partial charge in [-0.05, 0) is 53.9 Å². The van der Waals surface area contributed by atoms with E-state index in [9.17, 15) is 4.79 Å². The van der Waals surface area contributed by atoms with Crippen molar-refractivity contribution in [2.75, 3.05) is 13.2 Å². The largest absolute Gasteiger partial charge is 0.483 e. The van der Waals surface area contributed by atoms with Gasteiger partial charge in [-0.3, -0.25) is 4.79 Å². The minimum atomic E-state index is -0.105. The van der Waals surface area contributed by atoms with E-state index in [1.54, 1.807) is 0 Å². The molecule has 0 fully saturated rings. The zero-order valence-corrected chi connectivity index (χ0v) is 12.3. The van der Waals surface area contributed by atoms with Crippen molar-refractivity contribution in [1.29, 1.82) is 0 Å². The Hall–Kier alpha value is -1.29. The molecule has 4 heteroatoms.